The smallest absolute Gasteiger partial charge is 0.251 e. The Labute approximate surface area is 180 Å². The zero-order chi connectivity index (χ0) is 23.0. The van der Waals surface area contributed by atoms with Gasteiger partial charge in [0.1, 0.15) is 5.75 Å². The lowest BCUT2D eigenvalue weighted by Gasteiger charge is -2.17. The number of nitrogens with zero attached hydrogens (tertiary/aromatic N) is 1. The summed E-state index contributed by atoms with van der Waals surface area (Å²) in [5, 5.41) is 5.11. The van der Waals surface area contributed by atoms with E-state index in [1.54, 1.807) is 24.3 Å². The van der Waals surface area contributed by atoms with Gasteiger partial charge in [0.05, 0.1) is 25.1 Å². The molecule has 0 aromatic heterocycles. The zero-order valence-corrected chi connectivity index (χ0v) is 18.2. The van der Waals surface area contributed by atoms with Crippen LogP contribution in [0.3, 0.4) is 0 Å². The van der Waals surface area contributed by atoms with Crippen molar-refractivity contribution in [2.24, 2.45) is 0 Å². The van der Waals surface area contributed by atoms with E-state index in [9.17, 15) is 22.8 Å². The van der Waals surface area contributed by atoms with E-state index in [0.717, 1.165) is 0 Å². The van der Waals surface area contributed by atoms with Crippen molar-refractivity contribution in [3.8, 4) is 5.75 Å². The Kier molecular flexibility index (Phi) is 8.11. The van der Waals surface area contributed by atoms with Crippen molar-refractivity contribution < 1.29 is 27.5 Å². The summed E-state index contributed by atoms with van der Waals surface area (Å²) >= 11 is 0. The summed E-state index contributed by atoms with van der Waals surface area (Å²) < 4.78 is 30.6. The van der Waals surface area contributed by atoms with Gasteiger partial charge in [0.15, 0.2) is 0 Å². The van der Waals surface area contributed by atoms with E-state index >= 15 is 0 Å². The zero-order valence-electron chi connectivity index (χ0n) is 17.3. The first-order valence-electron chi connectivity index (χ1n) is 9.16. The van der Waals surface area contributed by atoms with E-state index in [1.807, 2.05) is 0 Å². The second-order valence-corrected chi connectivity index (χ2v) is 8.33. The van der Waals surface area contributed by atoms with E-state index in [1.165, 1.54) is 50.4 Å². The van der Waals surface area contributed by atoms with Crippen molar-refractivity contribution in [3.63, 3.8) is 0 Å². The van der Waals surface area contributed by atoms with Gasteiger partial charge in [-0.2, -0.15) is 0 Å². The summed E-state index contributed by atoms with van der Waals surface area (Å²) in [6.07, 6.45) is 0. The molecule has 0 unspecified atom stereocenters. The second-order valence-electron chi connectivity index (χ2n) is 6.44. The molecule has 11 heteroatoms. The third kappa shape index (κ3) is 6.79. The fraction of sp³-hybridized carbons (Fsp3) is 0.250. The number of hydrogen-bond acceptors (Lipinski definition) is 6. The van der Waals surface area contributed by atoms with Crippen LogP contribution < -0.4 is 20.1 Å². The second kappa shape index (κ2) is 10.5. The number of rotatable bonds is 9. The number of carbonyl (C=O) groups excluding carboxylic acids is 3. The molecule has 2 aromatic rings. The highest BCUT2D eigenvalue weighted by molar-refractivity contribution is 7.89. The van der Waals surface area contributed by atoms with Crippen LogP contribution in [0.25, 0.3) is 0 Å². The minimum Gasteiger partial charge on any atom is -0.497 e. The Hall–Kier alpha value is -3.44. The van der Waals surface area contributed by atoms with Gasteiger partial charge < -0.3 is 20.3 Å². The highest BCUT2D eigenvalue weighted by atomic mass is 32.2. The molecule has 31 heavy (non-hydrogen) atoms. The average Bonchev–Trinajstić information content (AvgIpc) is 2.77. The Morgan fingerprint density at radius 1 is 1.00 bits per heavy atom. The van der Waals surface area contributed by atoms with Crippen LogP contribution in [0.1, 0.15) is 10.4 Å². The first-order chi connectivity index (χ1) is 14.7. The predicted octanol–water partition coefficient (Wildman–Crippen LogP) is 0.430. The molecule has 3 N–H and O–H groups in total. The van der Waals surface area contributed by atoms with Crippen molar-refractivity contribution in [1.29, 1.82) is 0 Å². The number of hydrogen-bond donors (Lipinski definition) is 3. The molecule has 0 aliphatic rings. The van der Waals surface area contributed by atoms with Gasteiger partial charge in [-0.3, -0.25) is 14.4 Å². The van der Waals surface area contributed by atoms with E-state index in [0.29, 0.717) is 11.4 Å². The van der Waals surface area contributed by atoms with Crippen LogP contribution >= 0.6 is 0 Å². The summed E-state index contributed by atoms with van der Waals surface area (Å²) in [7, 11) is 0.667. The summed E-state index contributed by atoms with van der Waals surface area (Å²) in [4.78, 5) is 37.7. The summed E-state index contributed by atoms with van der Waals surface area (Å²) in [5.41, 5.74) is 0.756. The SMILES string of the molecule is CNS(=O)(=O)c1ccc(C(=O)NCC(=O)N(C)CC(=O)Nc2ccc(OC)cc2)cc1. The van der Waals surface area contributed by atoms with Crippen molar-refractivity contribution in [1.82, 2.24) is 14.9 Å². The number of benzene rings is 2. The Balaban J connectivity index is 1.83. The molecule has 0 saturated heterocycles. The standard InChI is InChI=1S/C20H24N4O6S/c1-21-31(28,29)17-10-4-14(5-11-17)20(27)22-12-19(26)24(2)13-18(25)23-15-6-8-16(30-3)9-7-15/h4-11,21H,12-13H2,1-3H3,(H,22,27)(H,23,25). The van der Waals surface area contributed by atoms with Crippen LogP contribution in [0, 0.1) is 0 Å². The molecule has 3 amide bonds. The number of methoxy groups -OCH3 is 1. The average molecular weight is 449 g/mol. The van der Waals surface area contributed by atoms with Crippen molar-refractivity contribution in [3.05, 3.63) is 54.1 Å². The van der Waals surface area contributed by atoms with Gasteiger partial charge >= 0.3 is 0 Å². The quantitative estimate of drug-likeness (QED) is 0.509. The molecule has 0 radical (unpaired) electrons. The predicted molar refractivity (Wildman–Crippen MR) is 114 cm³/mol. The van der Waals surface area contributed by atoms with Gasteiger partial charge in [0.25, 0.3) is 5.91 Å². The lowest BCUT2D eigenvalue weighted by Crippen LogP contribution is -2.41. The molecular weight excluding hydrogens is 424 g/mol. The summed E-state index contributed by atoms with van der Waals surface area (Å²) in [6.45, 7) is -0.515. The number of ether oxygens (including phenoxy) is 1. The van der Waals surface area contributed by atoms with Gasteiger partial charge in [0.2, 0.25) is 21.8 Å². The molecule has 0 fully saturated rings. The molecule has 2 aromatic carbocycles. The number of amides is 3. The molecule has 0 heterocycles. The van der Waals surface area contributed by atoms with Crippen LogP contribution in [-0.2, 0) is 19.6 Å². The lowest BCUT2D eigenvalue weighted by atomic mass is 10.2. The number of likely N-dealkylation sites (N-methyl/N-ethyl adjacent to an activating group) is 1. The maximum atomic E-state index is 12.2. The van der Waals surface area contributed by atoms with Crippen LogP contribution in [0.4, 0.5) is 5.69 Å². The number of carbonyl (C=O) groups is 3. The van der Waals surface area contributed by atoms with Gasteiger partial charge in [-0.1, -0.05) is 0 Å². The highest BCUT2D eigenvalue weighted by Gasteiger charge is 2.16. The van der Waals surface area contributed by atoms with E-state index in [4.69, 9.17) is 4.74 Å². The third-order valence-electron chi connectivity index (χ3n) is 4.28. The largest absolute Gasteiger partial charge is 0.497 e. The fourth-order valence-corrected chi connectivity index (χ4v) is 3.20. The molecule has 2 rings (SSSR count). The van der Waals surface area contributed by atoms with E-state index in [2.05, 4.69) is 15.4 Å². The minimum atomic E-state index is -3.60. The van der Waals surface area contributed by atoms with Crippen LogP contribution in [0.5, 0.6) is 5.75 Å². The Morgan fingerprint density at radius 3 is 2.16 bits per heavy atom. The van der Waals surface area contributed by atoms with Gasteiger partial charge in [-0.25, -0.2) is 13.1 Å². The topological polar surface area (TPSA) is 134 Å². The maximum absolute atomic E-state index is 12.2. The first-order valence-corrected chi connectivity index (χ1v) is 10.6. The lowest BCUT2D eigenvalue weighted by molar-refractivity contribution is -0.132. The molecule has 0 bridgehead atoms. The molecule has 0 saturated carbocycles. The monoisotopic (exact) mass is 448 g/mol. The molecule has 10 nitrogen and oxygen atoms in total. The summed E-state index contributed by atoms with van der Waals surface area (Å²) in [5.74, 6) is -0.751. The van der Waals surface area contributed by atoms with Crippen molar-refractivity contribution in [2.45, 2.75) is 4.90 Å². The summed E-state index contributed by atoms with van der Waals surface area (Å²) in [6, 6.07) is 12.0. The third-order valence-corrected chi connectivity index (χ3v) is 5.71. The highest BCUT2D eigenvalue weighted by Crippen LogP contribution is 2.15. The number of anilines is 1. The molecule has 166 valence electrons. The van der Waals surface area contributed by atoms with Gasteiger partial charge in [0, 0.05) is 18.3 Å². The Morgan fingerprint density at radius 2 is 1.61 bits per heavy atom. The van der Waals surface area contributed by atoms with Crippen molar-refractivity contribution >= 4 is 33.4 Å². The van der Waals surface area contributed by atoms with Crippen molar-refractivity contribution in [2.75, 3.05) is 39.6 Å². The molecule has 0 aliphatic heterocycles. The fourth-order valence-electron chi connectivity index (χ4n) is 2.47. The molecule has 0 atom stereocenters. The normalized spacial score (nSPS) is 10.8. The van der Waals surface area contributed by atoms with Gasteiger partial charge in [-0.15, -0.1) is 0 Å². The van der Waals surface area contributed by atoms with E-state index < -0.39 is 27.7 Å². The molecular formula is C20H24N4O6S. The van der Waals surface area contributed by atoms with Crippen LogP contribution in [0.15, 0.2) is 53.4 Å². The minimum absolute atomic E-state index is 0.0187. The van der Waals surface area contributed by atoms with E-state index in [-0.39, 0.29) is 23.5 Å². The van der Waals surface area contributed by atoms with Gasteiger partial charge in [-0.05, 0) is 55.6 Å². The Bertz CT molecular complexity index is 1040. The van der Waals surface area contributed by atoms with Crippen LogP contribution in [-0.4, -0.2) is 65.3 Å². The first kappa shape index (κ1) is 23.8. The molecule has 0 spiro atoms. The van der Waals surface area contributed by atoms with Crippen LogP contribution in [0.2, 0.25) is 0 Å². The number of nitrogens with one attached hydrogen (secondary N) is 3. The molecule has 0 aliphatic carbocycles. The number of sulfonamides is 1. The maximum Gasteiger partial charge on any atom is 0.251 e.